The number of hydrogen-bond acceptors (Lipinski definition) is 2. The van der Waals surface area contributed by atoms with E-state index in [0.717, 1.165) is 25.7 Å². The fourth-order valence-corrected chi connectivity index (χ4v) is 3.22. The lowest BCUT2D eigenvalue weighted by atomic mass is 9.78. The maximum absolute atomic E-state index is 11.5. The molecule has 1 aliphatic carbocycles. The van der Waals surface area contributed by atoms with Crippen LogP contribution in [0.4, 0.5) is 0 Å². The van der Waals surface area contributed by atoms with E-state index in [1.807, 2.05) is 0 Å². The van der Waals surface area contributed by atoms with E-state index >= 15 is 0 Å². The Hall–Kier alpha value is -1.09. The van der Waals surface area contributed by atoms with Crippen LogP contribution >= 0.6 is 0 Å². The van der Waals surface area contributed by atoms with Crippen molar-refractivity contribution in [3.63, 3.8) is 0 Å². The lowest BCUT2D eigenvalue weighted by Crippen LogP contribution is -2.41. The molecule has 1 fully saturated rings. The highest BCUT2D eigenvalue weighted by Gasteiger charge is 2.38. The highest BCUT2D eigenvalue weighted by Crippen LogP contribution is 2.32. The zero-order chi connectivity index (χ0) is 15.6. The maximum atomic E-state index is 11.5. The van der Waals surface area contributed by atoms with Crippen molar-refractivity contribution in [2.45, 2.75) is 76.2 Å². The molecule has 2 N–H and O–H groups in total. The second kappa shape index (κ2) is 9.78. The number of carboxylic acids is 1. The molecule has 0 radical (unpaired) electrons. The molecule has 1 unspecified atom stereocenters. The molecule has 0 aliphatic heterocycles. The summed E-state index contributed by atoms with van der Waals surface area (Å²) >= 11 is 0. The number of carbonyl (C=O) groups is 1. The SMILES string of the molecule is C=C/C=C/C(C(=O)O)C1(O)CCCCCCCCCCC1. The van der Waals surface area contributed by atoms with Gasteiger partial charge in [-0.2, -0.15) is 0 Å². The third-order valence-corrected chi connectivity index (χ3v) is 4.50. The van der Waals surface area contributed by atoms with Crippen molar-refractivity contribution in [1.29, 1.82) is 0 Å². The predicted molar refractivity (Wildman–Crippen MR) is 86.2 cm³/mol. The lowest BCUT2D eigenvalue weighted by molar-refractivity contribution is -0.149. The Labute approximate surface area is 128 Å². The average molecular weight is 294 g/mol. The highest BCUT2D eigenvalue weighted by molar-refractivity contribution is 5.73. The quantitative estimate of drug-likeness (QED) is 0.752. The third-order valence-electron chi connectivity index (χ3n) is 4.50. The monoisotopic (exact) mass is 294 g/mol. The molecule has 0 heterocycles. The number of aliphatic hydroxyl groups is 1. The molecule has 0 aromatic rings. The number of rotatable bonds is 4. The molecule has 1 saturated carbocycles. The number of aliphatic carboxylic acids is 1. The van der Waals surface area contributed by atoms with Crippen molar-refractivity contribution in [2.75, 3.05) is 0 Å². The molecule has 1 rings (SSSR count). The van der Waals surface area contributed by atoms with Crippen LogP contribution < -0.4 is 0 Å². The first-order chi connectivity index (χ1) is 10.1. The van der Waals surface area contributed by atoms with Gasteiger partial charge in [-0.25, -0.2) is 0 Å². The highest BCUT2D eigenvalue weighted by atomic mass is 16.4. The molecule has 0 spiro atoms. The van der Waals surface area contributed by atoms with E-state index < -0.39 is 17.5 Å². The van der Waals surface area contributed by atoms with E-state index in [1.54, 1.807) is 18.2 Å². The average Bonchev–Trinajstić information content (AvgIpc) is 2.43. The van der Waals surface area contributed by atoms with Crippen LogP contribution in [0.2, 0.25) is 0 Å². The van der Waals surface area contributed by atoms with Crippen LogP contribution in [0.3, 0.4) is 0 Å². The van der Waals surface area contributed by atoms with Crippen LogP contribution in [-0.2, 0) is 4.79 Å². The van der Waals surface area contributed by atoms with E-state index in [2.05, 4.69) is 6.58 Å². The molecular weight excluding hydrogens is 264 g/mol. The van der Waals surface area contributed by atoms with Gasteiger partial charge in [-0.15, -0.1) is 0 Å². The second-order valence-electron chi connectivity index (χ2n) is 6.22. The first-order valence-electron chi connectivity index (χ1n) is 8.34. The number of allylic oxidation sites excluding steroid dienone is 2. The Morgan fingerprint density at radius 3 is 1.76 bits per heavy atom. The molecule has 0 amide bonds. The van der Waals surface area contributed by atoms with Gasteiger partial charge in [-0.3, -0.25) is 4.79 Å². The fourth-order valence-electron chi connectivity index (χ4n) is 3.22. The standard InChI is InChI=1S/C18H30O3/c1-2-3-13-16(17(19)20)18(21)14-11-9-7-5-4-6-8-10-12-15-18/h2-3,13,16,21H,1,4-12,14-15H2,(H,19,20)/b13-3+. The molecule has 21 heavy (non-hydrogen) atoms. The van der Waals surface area contributed by atoms with Gasteiger partial charge >= 0.3 is 5.97 Å². The third kappa shape index (κ3) is 6.47. The van der Waals surface area contributed by atoms with E-state index in [9.17, 15) is 15.0 Å². The van der Waals surface area contributed by atoms with Gasteiger partial charge in [-0.05, 0) is 12.8 Å². The lowest BCUT2D eigenvalue weighted by Gasteiger charge is -2.33. The molecule has 3 heteroatoms. The van der Waals surface area contributed by atoms with Crippen molar-refractivity contribution in [3.8, 4) is 0 Å². The summed E-state index contributed by atoms with van der Waals surface area (Å²) in [6, 6.07) is 0. The molecule has 0 aromatic carbocycles. The Balaban J connectivity index is 2.78. The van der Waals surface area contributed by atoms with Gasteiger partial charge in [0.2, 0.25) is 0 Å². The molecule has 0 saturated heterocycles. The molecule has 1 aliphatic rings. The van der Waals surface area contributed by atoms with Crippen LogP contribution in [0.25, 0.3) is 0 Å². The van der Waals surface area contributed by atoms with Crippen molar-refractivity contribution >= 4 is 5.97 Å². The Kier molecular flexibility index (Phi) is 8.36. The van der Waals surface area contributed by atoms with Gasteiger partial charge in [0, 0.05) is 0 Å². The topological polar surface area (TPSA) is 57.5 Å². The van der Waals surface area contributed by atoms with Gasteiger partial charge in [0.05, 0.1) is 5.60 Å². The molecule has 3 nitrogen and oxygen atoms in total. The summed E-state index contributed by atoms with van der Waals surface area (Å²) in [6.07, 6.45) is 16.1. The summed E-state index contributed by atoms with van der Waals surface area (Å²) in [5.74, 6) is -1.78. The normalized spacial score (nSPS) is 22.9. The molecule has 0 aromatic heterocycles. The fraction of sp³-hybridized carbons (Fsp3) is 0.722. The van der Waals surface area contributed by atoms with Gasteiger partial charge in [-0.1, -0.05) is 82.6 Å². The minimum absolute atomic E-state index is 0.575. The van der Waals surface area contributed by atoms with Crippen molar-refractivity contribution < 1.29 is 15.0 Å². The zero-order valence-electron chi connectivity index (χ0n) is 13.1. The van der Waals surface area contributed by atoms with Gasteiger partial charge in [0.15, 0.2) is 0 Å². The summed E-state index contributed by atoms with van der Waals surface area (Å²) < 4.78 is 0. The summed E-state index contributed by atoms with van der Waals surface area (Å²) in [6.45, 7) is 3.58. The van der Waals surface area contributed by atoms with E-state index in [-0.39, 0.29) is 0 Å². The van der Waals surface area contributed by atoms with Crippen LogP contribution in [0.1, 0.15) is 70.6 Å². The first-order valence-corrected chi connectivity index (χ1v) is 8.34. The van der Waals surface area contributed by atoms with Gasteiger partial charge in [0.1, 0.15) is 5.92 Å². The predicted octanol–water partition coefficient (Wildman–Crippen LogP) is 4.47. The molecule has 120 valence electrons. The largest absolute Gasteiger partial charge is 0.481 e. The molecular formula is C18H30O3. The van der Waals surface area contributed by atoms with Crippen molar-refractivity contribution in [3.05, 3.63) is 24.8 Å². The molecule has 1 atom stereocenters. The summed E-state index contributed by atoms with van der Waals surface area (Å²) in [4.78, 5) is 11.5. The van der Waals surface area contributed by atoms with Gasteiger partial charge < -0.3 is 10.2 Å². The summed E-state index contributed by atoms with van der Waals surface area (Å²) in [5, 5.41) is 20.4. The van der Waals surface area contributed by atoms with Crippen molar-refractivity contribution in [2.24, 2.45) is 5.92 Å². The van der Waals surface area contributed by atoms with Crippen LogP contribution in [0.5, 0.6) is 0 Å². The number of carboxylic acid groups (broad SMARTS) is 1. The van der Waals surface area contributed by atoms with E-state index in [0.29, 0.717) is 12.8 Å². The van der Waals surface area contributed by atoms with E-state index in [1.165, 1.54) is 32.1 Å². The number of hydrogen-bond donors (Lipinski definition) is 2. The Morgan fingerprint density at radius 2 is 1.38 bits per heavy atom. The van der Waals surface area contributed by atoms with Crippen LogP contribution in [0, 0.1) is 5.92 Å². The van der Waals surface area contributed by atoms with Crippen LogP contribution in [0.15, 0.2) is 24.8 Å². The van der Waals surface area contributed by atoms with E-state index in [4.69, 9.17) is 0 Å². The Bertz CT molecular complexity index is 334. The van der Waals surface area contributed by atoms with Crippen molar-refractivity contribution in [1.82, 2.24) is 0 Å². The molecule has 0 bridgehead atoms. The second-order valence-corrected chi connectivity index (χ2v) is 6.22. The first kappa shape index (κ1) is 18.0. The zero-order valence-corrected chi connectivity index (χ0v) is 13.1. The minimum Gasteiger partial charge on any atom is -0.481 e. The van der Waals surface area contributed by atoms with Crippen LogP contribution in [-0.4, -0.2) is 21.8 Å². The minimum atomic E-state index is -1.12. The Morgan fingerprint density at radius 1 is 0.952 bits per heavy atom. The maximum Gasteiger partial charge on any atom is 0.313 e. The smallest absolute Gasteiger partial charge is 0.313 e. The summed E-state index contributed by atoms with van der Waals surface area (Å²) in [5.41, 5.74) is -1.12. The summed E-state index contributed by atoms with van der Waals surface area (Å²) in [7, 11) is 0. The van der Waals surface area contributed by atoms with Gasteiger partial charge in [0.25, 0.3) is 0 Å².